The van der Waals surface area contributed by atoms with E-state index in [-0.39, 0.29) is 122 Å². The summed E-state index contributed by atoms with van der Waals surface area (Å²) >= 11 is 21.5. The number of carboxylic acid groups (broad SMARTS) is 1. The zero-order valence-corrected chi connectivity index (χ0v) is 73.7. The molecule has 0 fully saturated rings. The van der Waals surface area contributed by atoms with Crippen LogP contribution in [0.15, 0.2) is 223 Å². The van der Waals surface area contributed by atoms with Crippen molar-refractivity contribution >= 4 is 163 Å². The number of esters is 1. The van der Waals surface area contributed by atoms with Crippen LogP contribution in [0.25, 0.3) is 88.6 Å². The second-order valence-corrected chi connectivity index (χ2v) is 41.9. The molecular formula is C85H87BrCl3F6LiN14O17Si2. The number of nitrogens with zero attached hydrogens (tertiary/aromatic N) is 10. The minimum atomic E-state index is -3.06. The molecule has 13 aromatic heterocycles. The van der Waals surface area contributed by atoms with E-state index < -0.39 is 59.7 Å². The van der Waals surface area contributed by atoms with Crippen LogP contribution in [0.3, 0.4) is 0 Å². The van der Waals surface area contributed by atoms with Crippen LogP contribution in [0.2, 0.25) is 66.4 Å². The molecule has 0 aliphatic carbocycles. The molecule has 0 aliphatic rings. The van der Waals surface area contributed by atoms with Crippen LogP contribution in [-0.4, -0.2) is 145 Å². The van der Waals surface area contributed by atoms with Crippen LogP contribution in [0.1, 0.15) is 63.7 Å². The molecule has 31 nitrogen and oxygen atoms in total. The Bertz CT molecular complexity index is 6370. The van der Waals surface area contributed by atoms with Gasteiger partial charge in [-0.1, -0.05) is 96.4 Å². The van der Waals surface area contributed by atoms with E-state index in [1.807, 2.05) is 6.07 Å². The number of carbonyl (C=O) groups is 4. The molecule has 0 unspecified atom stereocenters. The number of hydrogen-bond donors (Lipinski definition) is 5. The van der Waals surface area contributed by atoms with Crippen molar-refractivity contribution in [3.05, 3.63) is 239 Å². The number of aromatic carboxylic acids is 1. The van der Waals surface area contributed by atoms with Crippen molar-refractivity contribution in [3.63, 3.8) is 0 Å². The minimum Gasteiger partial charge on any atom is -0.870 e. The van der Waals surface area contributed by atoms with Crippen LogP contribution in [0.5, 0.6) is 17.2 Å². The molecule has 0 radical (unpaired) electrons. The van der Waals surface area contributed by atoms with E-state index in [2.05, 4.69) is 125 Å². The zero-order chi connectivity index (χ0) is 88.9. The molecule has 0 spiro atoms. The van der Waals surface area contributed by atoms with Gasteiger partial charge in [-0.15, -0.1) is 0 Å². The van der Waals surface area contributed by atoms with Crippen molar-refractivity contribution in [2.24, 2.45) is 0 Å². The first-order valence-electron chi connectivity index (χ1n) is 36.8. The normalized spacial score (nSPS) is 10.9. The van der Waals surface area contributed by atoms with E-state index in [0.29, 0.717) is 95.0 Å². The number of benzene rings is 3. The van der Waals surface area contributed by atoms with Gasteiger partial charge in [0.25, 0.3) is 11.8 Å². The van der Waals surface area contributed by atoms with Gasteiger partial charge in [-0.05, 0) is 113 Å². The topological polar surface area (TPSA) is 418 Å². The number of hydrogen-bond acceptors (Lipinski definition) is 25. The number of ether oxygens (including phenoxy) is 6. The zero-order valence-electron chi connectivity index (χ0n) is 67.8. The number of furan rings is 5. The van der Waals surface area contributed by atoms with Crippen LogP contribution < -0.4 is 49.4 Å². The number of carboxylic acids is 1. The molecule has 16 rings (SSSR count). The molecular weight excluding hydrogens is 1850 g/mol. The summed E-state index contributed by atoms with van der Waals surface area (Å²) in [7, 11) is -1.20. The van der Waals surface area contributed by atoms with Gasteiger partial charge in [-0.2, -0.15) is 41.6 Å². The summed E-state index contributed by atoms with van der Waals surface area (Å²) < 4.78 is 137. The van der Waals surface area contributed by atoms with Crippen LogP contribution in [0, 0.1) is 0 Å². The maximum absolute atomic E-state index is 13.2. The molecule has 678 valence electrons. The van der Waals surface area contributed by atoms with Gasteiger partial charge in [0.15, 0.2) is 16.7 Å². The first kappa shape index (κ1) is 105. The molecule has 16 aromatic rings. The maximum Gasteiger partial charge on any atom is 1.00 e. The van der Waals surface area contributed by atoms with Crippen molar-refractivity contribution in [1.29, 1.82) is 0 Å². The number of pyridine rings is 5. The van der Waals surface area contributed by atoms with Gasteiger partial charge in [0, 0.05) is 150 Å². The molecule has 0 aliphatic heterocycles. The van der Waals surface area contributed by atoms with Crippen LogP contribution >= 0.6 is 50.7 Å². The predicted molar refractivity (Wildman–Crippen MR) is 481 cm³/mol. The van der Waals surface area contributed by atoms with Crippen LogP contribution in [0.4, 0.5) is 43.4 Å². The number of nitrogens with two attached hydrogens (primary N) is 1. The number of carbonyl (C=O) groups excluding carboxylic acids is 3. The van der Waals surface area contributed by atoms with Gasteiger partial charge in [-0.25, -0.2) is 19.0 Å². The maximum atomic E-state index is 13.2. The molecule has 7 N–H and O–H groups in total. The first-order chi connectivity index (χ1) is 59.3. The quantitative estimate of drug-likeness (QED) is 0.0153. The Hall–Kier alpha value is -12.3. The third kappa shape index (κ3) is 28.6. The van der Waals surface area contributed by atoms with Gasteiger partial charge in [0.05, 0.1) is 95.6 Å². The fraction of sp³-hybridized carbons (Fsp3) is 0.224. The fourth-order valence-electron chi connectivity index (χ4n) is 11.5. The fourth-order valence-corrected chi connectivity index (χ4v) is 14.0. The van der Waals surface area contributed by atoms with Crippen molar-refractivity contribution < 1.29 is 125 Å². The average Bonchev–Trinajstić information content (AvgIpc) is 1.67. The summed E-state index contributed by atoms with van der Waals surface area (Å²) in [5.74, 6) is -2.74. The molecule has 13 heterocycles. The Labute approximate surface area is 770 Å². The van der Waals surface area contributed by atoms with E-state index in [1.165, 1.54) is 140 Å². The third-order valence-corrected chi connectivity index (χ3v) is 22.1. The van der Waals surface area contributed by atoms with E-state index >= 15 is 0 Å². The Morgan fingerprint density at radius 2 is 0.845 bits per heavy atom. The van der Waals surface area contributed by atoms with Gasteiger partial charge in [-0.3, -0.25) is 39.6 Å². The second-order valence-electron chi connectivity index (χ2n) is 28.5. The number of rotatable bonds is 25. The number of anilines is 3. The number of aromatic amines is 1. The molecule has 0 atom stereocenters. The van der Waals surface area contributed by atoms with Gasteiger partial charge < -0.3 is 77.5 Å². The van der Waals surface area contributed by atoms with Crippen molar-refractivity contribution in [3.8, 4) is 51.0 Å². The molecule has 3 aromatic carbocycles. The monoisotopic (exact) mass is 1940 g/mol. The molecule has 0 saturated carbocycles. The summed E-state index contributed by atoms with van der Waals surface area (Å²) in [5.41, 5.74) is 11.9. The van der Waals surface area contributed by atoms with E-state index in [0.717, 1.165) is 32.9 Å². The largest absolute Gasteiger partial charge is 1.00 e. The Morgan fingerprint density at radius 1 is 0.488 bits per heavy atom. The Kier molecular flexibility index (Phi) is 39.8. The van der Waals surface area contributed by atoms with Crippen molar-refractivity contribution in [2.45, 2.75) is 107 Å². The van der Waals surface area contributed by atoms with Crippen LogP contribution in [-0.2, 0) is 27.7 Å². The summed E-state index contributed by atoms with van der Waals surface area (Å²) in [6.07, 6.45) is 27.0. The SMILES string of the molecule is Brc1cncc2ccoc12.C.C.C.COC(=O)c1cncc2ccoc12.C[Si](C)(C)CCOCn1ncc(N)c1-c1cc(Cl)ccc1OC(F)F.C[Si](C)(C)CCOCn1ncc(NC(=O)c2cncc3ccoc23)c1-c1cc(Cl)ccc1OC(F)F.O=C(Nc1cn[nH]c1-c1cc(Cl)ccc1OC(F)F)c1cncc2ccoc12.O=C(O)c1cncc2ccoc12.[Li+].[OH-]. The summed E-state index contributed by atoms with van der Waals surface area (Å²) in [6, 6.07) is 23.4. The molecule has 0 saturated heterocycles. The molecule has 44 heteroatoms. The molecule has 0 bridgehead atoms. The van der Waals surface area contributed by atoms with Gasteiger partial charge in [0.1, 0.15) is 64.1 Å². The number of aromatic nitrogens is 11. The Morgan fingerprint density at radius 3 is 1.26 bits per heavy atom. The van der Waals surface area contributed by atoms with Crippen molar-refractivity contribution in [2.75, 3.05) is 36.7 Å². The first-order valence-corrected chi connectivity index (χ1v) is 46.1. The smallest absolute Gasteiger partial charge is 0.870 e. The molecule has 129 heavy (non-hydrogen) atoms. The average molecular weight is 1940 g/mol. The number of fused-ring (bicyclic) bond motifs is 5. The number of nitrogens with one attached hydrogen (secondary N) is 3. The number of nitrogen functional groups attached to an aromatic ring is 1. The Balaban J connectivity index is 0.000000249. The summed E-state index contributed by atoms with van der Waals surface area (Å²) in [5, 5.41) is 34.0. The predicted octanol–water partition coefficient (Wildman–Crippen LogP) is 20.4. The number of amides is 2. The van der Waals surface area contributed by atoms with E-state index in [9.17, 15) is 45.5 Å². The standard InChI is InChI=1S/C24H25ClF2N4O4Si.C18H11ClF2N4O3.C16H22ClF2N3O2Si.C9H7NO3.C8H5NO3.C7H4BrNO.3CH4.Li.H2O/c1-36(2,3)9-8-33-14-31-21(17-10-16(25)4-5-20(17)35-24(26)27)19(13-29-31)30-23(32)18-12-28-11-15-6-7-34-22(15)18;19-10-1-2-14(28-18(20)21)11(5-10)15-13(8-23-25-15)24-17(26)12-7-22-6-9-3-4-27-16(9)12;1-25(2,3)7-6-23-10-22-15(13(20)9-21-22)12-8-11(17)4-5-14(12)24-16(18)19;1-12-9(11)7-5-10-4-6-2-3-13-8(6)7;10-8(11)6-4-9-3-5-1-2-12-7(5)6;8-6-4-9-3-5-1-2-10-7(5)6;;;;;/h4-7,10-13,24H,8-9,14H2,1-3H3,(H,30,32);1-8,18H,(H,23,25)(H,24,26);4-5,8-9,16H,6-7,10,20H2,1-3H3;2-5H,1H3;1-4H,(H,10,11);1-4H;3*1H4;;1H2/q;;;;;;;;;+1;/p-1. The summed E-state index contributed by atoms with van der Waals surface area (Å²) in [4.78, 5) is 67.4. The molecule has 2 amide bonds. The number of H-pyrrole nitrogens is 1. The van der Waals surface area contributed by atoms with E-state index in [4.69, 9.17) is 81.9 Å². The van der Waals surface area contributed by atoms with E-state index in [1.54, 1.807) is 67.7 Å². The third-order valence-electron chi connectivity index (χ3n) is 17.4. The summed E-state index contributed by atoms with van der Waals surface area (Å²) in [6.45, 7) is 5.75. The second kappa shape index (κ2) is 48.7. The number of methoxy groups -OCH3 is 1. The van der Waals surface area contributed by atoms with Gasteiger partial charge >= 0.3 is 50.6 Å². The minimum absolute atomic E-state index is 0. The van der Waals surface area contributed by atoms with Crippen molar-refractivity contribution in [1.82, 2.24) is 54.7 Å². The van der Waals surface area contributed by atoms with Gasteiger partial charge in [0.2, 0.25) is 0 Å². The number of halogens is 10. The number of alkyl halides is 6.